The van der Waals surface area contributed by atoms with Gasteiger partial charge < -0.3 is 24.1 Å². The van der Waals surface area contributed by atoms with Crippen LogP contribution >= 0.6 is 0 Å². The summed E-state index contributed by atoms with van der Waals surface area (Å²) in [6.07, 6.45) is 1.73. The Kier molecular flexibility index (Phi) is 7.77. The summed E-state index contributed by atoms with van der Waals surface area (Å²) >= 11 is 0. The molecule has 8 nitrogen and oxygen atoms in total. The summed E-state index contributed by atoms with van der Waals surface area (Å²) in [7, 11) is -0.622. The number of hydrogen-bond donors (Lipinski definition) is 1. The number of carbonyl (C=O) groups excluding carboxylic acids is 1. The second-order valence-electron chi connectivity index (χ2n) is 11.4. The zero-order valence-corrected chi connectivity index (χ0v) is 21.7. The van der Waals surface area contributed by atoms with Crippen LogP contribution in [-0.2, 0) is 14.0 Å². The predicted octanol–water partition coefficient (Wildman–Crippen LogP) is 3.96. The van der Waals surface area contributed by atoms with E-state index in [2.05, 4.69) is 30.2 Å². The highest BCUT2D eigenvalue weighted by molar-refractivity contribution is 6.62. The molecule has 1 atom stereocenters. The number of amides is 1. The van der Waals surface area contributed by atoms with E-state index in [1.807, 2.05) is 55.4 Å². The Bertz CT molecular complexity index is 888. The minimum absolute atomic E-state index is 0.127. The van der Waals surface area contributed by atoms with Crippen LogP contribution in [0.25, 0.3) is 0 Å². The van der Waals surface area contributed by atoms with Crippen molar-refractivity contribution >= 4 is 18.7 Å². The van der Waals surface area contributed by atoms with Gasteiger partial charge >= 0.3 is 13.2 Å². The molecule has 1 aliphatic rings. The van der Waals surface area contributed by atoms with Gasteiger partial charge in [0.05, 0.1) is 16.7 Å². The third-order valence-corrected chi connectivity index (χ3v) is 5.71. The van der Waals surface area contributed by atoms with Crippen LogP contribution in [0.1, 0.15) is 81.2 Å². The Labute approximate surface area is 198 Å². The molecule has 0 aromatic carbocycles. The molecule has 0 spiro atoms. The summed E-state index contributed by atoms with van der Waals surface area (Å²) in [6, 6.07) is 3.81. The van der Waals surface area contributed by atoms with Crippen molar-refractivity contribution in [3.05, 3.63) is 17.8 Å². The number of rotatable bonds is 7. The van der Waals surface area contributed by atoms with Crippen molar-refractivity contribution in [3.8, 4) is 11.9 Å². The average molecular weight is 459 g/mol. The second-order valence-corrected chi connectivity index (χ2v) is 11.4. The lowest BCUT2D eigenvalue weighted by molar-refractivity contribution is 0.00578. The molecular weight excluding hydrogens is 421 g/mol. The standard InChI is InChI=1S/C24H38BN3O5/c1-16(2)12-24(10,28-20(29)31-21(3,4)5)15-30-19-17(13-26)11-18(14-27-19)25-32-22(6,7)23(8,9)33-25/h11,14,16H,12,15H2,1-10H3,(H,28,29)/t24-/m0/s1. The normalized spacial score (nSPS) is 19.0. The first kappa shape index (κ1) is 26.9. The summed E-state index contributed by atoms with van der Waals surface area (Å²) in [5, 5.41) is 12.6. The van der Waals surface area contributed by atoms with Crippen molar-refractivity contribution in [2.24, 2.45) is 5.92 Å². The fourth-order valence-electron chi connectivity index (χ4n) is 3.60. The molecule has 1 saturated heterocycles. The number of nitrogens with one attached hydrogen (secondary N) is 1. The van der Waals surface area contributed by atoms with E-state index < -0.39 is 35.6 Å². The summed E-state index contributed by atoms with van der Waals surface area (Å²) in [5.74, 6) is 0.487. The molecule has 33 heavy (non-hydrogen) atoms. The lowest BCUT2D eigenvalue weighted by Gasteiger charge is -2.33. The van der Waals surface area contributed by atoms with Gasteiger partial charge in [0, 0.05) is 11.7 Å². The van der Waals surface area contributed by atoms with Gasteiger partial charge in [0.25, 0.3) is 0 Å². The Balaban J connectivity index is 2.18. The van der Waals surface area contributed by atoms with Gasteiger partial charge in [0.1, 0.15) is 23.8 Å². The van der Waals surface area contributed by atoms with E-state index in [0.29, 0.717) is 17.8 Å². The highest BCUT2D eigenvalue weighted by atomic mass is 16.7. The van der Waals surface area contributed by atoms with Gasteiger partial charge in [-0.15, -0.1) is 0 Å². The van der Waals surface area contributed by atoms with Crippen molar-refractivity contribution in [2.75, 3.05) is 6.61 Å². The smallest absolute Gasteiger partial charge is 0.474 e. The van der Waals surface area contributed by atoms with Gasteiger partial charge in [-0.25, -0.2) is 9.78 Å². The van der Waals surface area contributed by atoms with Crippen LogP contribution in [0, 0.1) is 17.2 Å². The third kappa shape index (κ3) is 7.09. The summed E-state index contributed by atoms with van der Waals surface area (Å²) in [5.41, 5.74) is -1.39. The van der Waals surface area contributed by atoms with Gasteiger partial charge in [-0.05, 0) is 73.8 Å². The predicted molar refractivity (Wildman–Crippen MR) is 127 cm³/mol. The van der Waals surface area contributed by atoms with Crippen LogP contribution in [0.4, 0.5) is 4.79 Å². The molecule has 1 aromatic rings. The van der Waals surface area contributed by atoms with Crippen LogP contribution in [0.15, 0.2) is 12.3 Å². The zero-order chi connectivity index (χ0) is 25.2. The lowest BCUT2D eigenvalue weighted by atomic mass is 9.80. The molecule has 182 valence electrons. The van der Waals surface area contributed by atoms with Crippen LogP contribution < -0.4 is 15.5 Å². The molecule has 1 aromatic heterocycles. The first-order chi connectivity index (χ1) is 15.0. The Hall–Kier alpha value is -2.31. The lowest BCUT2D eigenvalue weighted by Crippen LogP contribution is -2.52. The number of ether oxygens (including phenoxy) is 2. The molecule has 2 heterocycles. The molecule has 1 amide bonds. The number of nitriles is 1. The van der Waals surface area contributed by atoms with Gasteiger partial charge in [-0.2, -0.15) is 5.26 Å². The monoisotopic (exact) mass is 459 g/mol. The maximum Gasteiger partial charge on any atom is 0.496 e. The van der Waals surface area contributed by atoms with Gasteiger partial charge in [0.2, 0.25) is 5.88 Å². The number of pyridine rings is 1. The summed E-state index contributed by atoms with van der Waals surface area (Å²) < 4.78 is 23.5. The minimum Gasteiger partial charge on any atom is -0.474 e. The van der Waals surface area contributed by atoms with Crippen LogP contribution in [-0.4, -0.2) is 47.1 Å². The Morgan fingerprint density at radius 3 is 2.27 bits per heavy atom. The maximum absolute atomic E-state index is 12.4. The number of alkyl carbamates (subject to hydrolysis) is 1. The van der Waals surface area contributed by atoms with Crippen molar-refractivity contribution in [2.45, 2.75) is 98.0 Å². The van der Waals surface area contributed by atoms with E-state index in [-0.39, 0.29) is 18.1 Å². The molecule has 0 saturated carbocycles. The highest BCUT2D eigenvalue weighted by Gasteiger charge is 2.52. The van der Waals surface area contributed by atoms with Gasteiger partial charge in [0.15, 0.2) is 0 Å². The molecular formula is C24H38BN3O5. The van der Waals surface area contributed by atoms with Crippen molar-refractivity contribution in [3.63, 3.8) is 0 Å². The highest BCUT2D eigenvalue weighted by Crippen LogP contribution is 2.36. The number of hydrogen-bond acceptors (Lipinski definition) is 7. The topological polar surface area (TPSA) is 103 Å². The second kappa shape index (κ2) is 9.51. The number of nitrogens with zero attached hydrogens (tertiary/aromatic N) is 2. The van der Waals surface area contributed by atoms with Crippen molar-refractivity contribution < 1.29 is 23.6 Å². The van der Waals surface area contributed by atoms with E-state index in [9.17, 15) is 10.1 Å². The molecule has 1 N–H and O–H groups in total. The third-order valence-electron chi connectivity index (χ3n) is 5.71. The Morgan fingerprint density at radius 1 is 1.21 bits per heavy atom. The summed E-state index contributed by atoms with van der Waals surface area (Å²) in [6.45, 7) is 19.5. The molecule has 0 radical (unpaired) electrons. The summed E-state index contributed by atoms with van der Waals surface area (Å²) in [4.78, 5) is 16.8. The van der Waals surface area contributed by atoms with E-state index in [1.165, 1.54) is 0 Å². The van der Waals surface area contributed by atoms with E-state index >= 15 is 0 Å². The maximum atomic E-state index is 12.4. The van der Waals surface area contributed by atoms with Crippen LogP contribution in [0.3, 0.4) is 0 Å². The fraction of sp³-hybridized carbons (Fsp3) is 0.708. The Morgan fingerprint density at radius 2 is 1.79 bits per heavy atom. The quantitative estimate of drug-likeness (QED) is 0.616. The minimum atomic E-state index is -0.713. The first-order valence-corrected chi connectivity index (χ1v) is 11.4. The zero-order valence-electron chi connectivity index (χ0n) is 21.7. The number of aromatic nitrogens is 1. The molecule has 2 rings (SSSR count). The molecule has 1 aliphatic heterocycles. The number of carbonyl (C=O) groups is 1. The van der Waals surface area contributed by atoms with E-state index in [0.717, 1.165) is 0 Å². The fourth-order valence-corrected chi connectivity index (χ4v) is 3.60. The van der Waals surface area contributed by atoms with Crippen LogP contribution in [0.2, 0.25) is 0 Å². The van der Waals surface area contributed by atoms with Crippen molar-refractivity contribution in [1.29, 1.82) is 5.26 Å². The SMILES string of the molecule is CC(C)C[C@@](C)(COc1ncc(B2OC(C)(C)C(C)(C)O2)cc1C#N)NC(=O)OC(C)(C)C. The van der Waals surface area contributed by atoms with Gasteiger partial charge in [-0.3, -0.25) is 0 Å². The molecule has 0 bridgehead atoms. The average Bonchev–Trinajstić information content (AvgIpc) is 2.84. The van der Waals surface area contributed by atoms with E-state index in [4.69, 9.17) is 18.8 Å². The van der Waals surface area contributed by atoms with Crippen molar-refractivity contribution in [1.82, 2.24) is 10.3 Å². The van der Waals surface area contributed by atoms with Gasteiger partial charge in [-0.1, -0.05) is 13.8 Å². The molecule has 1 fully saturated rings. The molecule has 0 aliphatic carbocycles. The molecule has 0 unspecified atom stereocenters. The largest absolute Gasteiger partial charge is 0.496 e. The van der Waals surface area contributed by atoms with E-state index in [1.54, 1.807) is 12.3 Å². The molecule has 9 heteroatoms. The first-order valence-electron chi connectivity index (χ1n) is 11.4. The van der Waals surface area contributed by atoms with Crippen LogP contribution in [0.5, 0.6) is 5.88 Å².